The molecule has 3 atom stereocenters. The molecule has 2 aromatic carbocycles. The smallest absolute Gasteiger partial charge is 0.338 e. The van der Waals surface area contributed by atoms with Crippen molar-refractivity contribution in [3.05, 3.63) is 60.2 Å². The monoisotopic (exact) mass is 444 g/mol. The molecule has 2 N–H and O–H groups in total. The first-order valence-corrected chi connectivity index (χ1v) is 11.9. The fourth-order valence-electron chi connectivity index (χ4n) is 3.74. The van der Waals surface area contributed by atoms with Crippen LogP contribution in [0.4, 0.5) is 5.69 Å². The normalized spacial score (nSPS) is 21.2. The third-order valence-electron chi connectivity index (χ3n) is 5.81. The Balaban J connectivity index is 1.53. The van der Waals surface area contributed by atoms with E-state index in [0.29, 0.717) is 17.5 Å². The van der Waals surface area contributed by atoms with Crippen molar-refractivity contribution >= 4 is 27.6 Å². The standard InChI is InChI=1S/C23H28N2O5S/c1-16-7-6-10-21(17(16)2)24-22(26)15-30-23(27)18-11-13-20(14-12-18)31(28,29)25-19-8-4-3-5-9-19/h3-5,8-9,11-14,16-17,21,25H,6-7,10,15H2,1-2H3,(H,24,26)/t16-,17+,21-/m1/s1. The predicted octanol–water partition coefficient (Wildman–Crippen LogP) is 3.59. The van der Waals surface area contributed by atoms with Crippen LogP contribution in [0.15, 0.2) is 59.5 Å². The van der Waals surface area contributed by atoms with Gasteiger partial charge in [-0.3, -0.25) is 9.52 Å². The van der Waals surface area contributed by atoms with Gasteiger partial charge in [0.2, 0.25) is 0 Å². The first-order valence-electron chi connectivity index (χ1n) is 10.4. The SMILES string of the molecule is C[C@H]1[C@H](C)CCC[C@H]1NC(=O)COC(=O)c1ccc(S(=O)(=O)Nc2ccccc2)cc1. The Morgan fingerprint density at radius 2 is 1.68 bits per heavy atom. The number of carbonyl (C=O) groups is 2. The average molecular weight is 445 g/mol. The van der Waals surface area contributed by atoms with Gasteiger partial charge in [0.15, 0.2) is 6.61 Å². The Morgan fingerprint density at radius 1 is 1.00 bits per heavy atom. The third kappa shape index (κ3) is 6.07. The van der Waals surface area contributed by atoms with Crippen LogP contribution in [0.1, 0.15) is 43.5 Å². The minimum absolute atomic E-state index is 0.0195. The molecule has 166 valence electrons. The maximum atomic E-state index is 12.5. The second kappa shape index (κ2) is 9.96. The lowest BCUT2D eigenvalue weighted by Crippen LogP contribution is -2.45. The number of hydrogen-bond acceptors (Lipinski definition) is 5. The van der Waals surface area contributed by atoms with Gasteiger partial charge in [-0.25, -0.2) is 13.2 Å². The van der Waals surface area contributed by atoms with Crippen molar-refractivity contribution in [2.24, 2.45) is 11.8 Å². The molecule has 3 rings (SSSR count). The molecule has 8 heteroatoms. The maximum absolute atomic E-state index is 12.5. The molecule has 0 heterocycles. The molecule has 2 aromatic rings. The summed E-state index contributed by atoms with van der Waals surface area (Å²) in [5.74, 6) is -0.0779. The van der Waals surface area contributed by atoms with Crippen molar-refractivity contribution in [2.45, 2.75) is 44.0 Å². The first-order chi connectivity index (χ1) is 14.8. The third-order valence-corrected chi connectivity index (χ3v) is 7.21. The van der Waals surface area contributed by atoms with Crippen LogP contribution < -0.4 is 10.0 Å². The molecule has 0 unspecified atom stereocenters. The Morgan fingerprint density at radius 3 is 2.35 bits per heavy atom. The van der Waals surface area contributed by atoms with Crippen LogP contribution in [-0.4, -0.2) is 32.9 Å². The van der Waals surface area contributed by atoms with E-state index in [0.717, 1.165) is 19.3 Å². The summed E-state index contributed by atoms with van der Waals surface area (Å²) in [6.45, 7) is 3.94. The van der Waals surface area contributed by atoms with Crippen molar-refractivity contribution < 1.29 is 22.7 Å². The lowest BCUT2D eigenvalue weighted by Gasteiger charge is -2.34. The summed E-state index contributed by atoms with van der Waals surface area (Å²) in [6.07, 6.45) is 3.16. The number of ether oxygens (including phenoxy) is 1. The highest BCUT2D eigenvalue weighted by Gasteiger charge is 2.28. The molecule has 0 saturated heterocycles. The molecule has 1 aliphatic rings. The number of hydrogen-bond donors (Lipinski definition) is 2. The molecule has 0 radical (unpaired) electrons. The summed E-state index contributed by atoms with van der Waals surface area (Å²) < 4.78 is 32.5. The molecule has 0 aromatic heterocycles. The van der Waals surface area contributed by atoms with Gasteiger partial charge in [-0.2, -0.15) is 0 Å². The number of rotatable bonds is 7. The van der Waals surface area contributed by atoms with Gasteiger partial charge < -0.3 is 10.1 Å². The largest absolute Gasteiger partial charge is 0.452 e. The minimum Gasteiger partial charge on any atom is -0.452 e. The van der Waals surface area contributed by atoms with Crippen LogP contribution >= 0.6 is 0 Å². The van der Waals surface area contributed by atoms with Crippen LogP contribution in [0.25, 0.3) is 0 Å². The molecule has 0 bridgehead atoms. The van der Waals surface area contributed by atoms with Crippen LogP contribution in [-0.2, 0) is 19.6 Å². The van der Waals surface area contributed by atoms with E-state index in [2.05, 4.69) is 23.9 Å². The fourth-order valence-corrected chi connectivity index (χ4v) is 4.80. The summed E-state index contributed by atoms with van der Waals surface area (Å²) in [6, 6.07) is 14.0. The molecule has 1 aliphatic carbocycles. The number of esters is 1. The molecule has 7 nitrogen and oxygen atoms in total. The summed E-state index contributed by atoms with van der Waals surface area (Å²) >= 11 is 0. The van der Waals surface area contributed by atoms with Crippen LogP contribution in [0.2, 0.25) is 0 Å². The molecule has 0 aliphatic heterocycles. The van der Waals surface area contributed by atoms with E-state index in [9.17, 15) is 18.0 Å². The summed E-state index contributed by atoms with van der Waals surface area (Å²) in [5.41, 5.74) is 0.616. The van der Waals surface area contributed by atoms with Gasteiger partial charge in [0, 0.05) is 11.7 Å². The zero-order chi connectivity index (χ0) is 22.4. The minimum atomic E-state index is -3.77. The highest BCUT2D eigenvalue weighted by atomic mass is 32.2. The fraction of sp³-hybridized carbons (Fsp3) is 0.391. The van der Waals surface area contributed by atoms with Gasteiger partial charge in [0.25, 0.3) is 15.9 Å². The topological polar surface area (TPSA) is 102 Å². The van der Waals surface area contributed by atoms with Gasteiger partial charge in [0.05, 0.1) is 10.5 Å². The van der Waals surface area contributed by atoms with E-state index in [-0.39, 0.29) is 29.0 Å². The molecule has 1 saturated carbocycles. The molecule has 1 fully saturated rings. The van der Waals surface area contributed by atoms with E-state index in [1.807, 2.05) is 0 Å². The molecular formula is C23H28N2O5S. The first kappa shape index (κ1) is 22.8. The van der Waals surface area contributed by atoms with Crippen LogP contribution in [0.3, 0.4) is 0 Å². The summed E-state index contributed by atoms with van der Waals surface area (Å²) in [4.78, 5) is 24.4. The van der Waals surface area contributed by atoms with E-state index in [1.54, 1.807) is 30.3 Å². The number of para-hydroxylation sites is 1. The number of nitrogens with one attached hydrogen (secondary N) is 2. The van der Waals surface area contributed by atoms with Crippen molar-refractivity contribution in [3.63, 3.8) is 0 Å². The zero-order valence-electron chi connectivity index (χ0n) is 17.7. The molecule has 1 amide bonds. The van der Waals surface area contributed by atoms with E-state index in [1.165, 1.54) is 24.3 Å². The highest BCUT2D eigenvalue weighted by molar-refractivity contribution is 7.92. The number of carbonyl (C=O) groups excluding carboxylic acids is 2. The zero-order valence-corrected chi connectivity index (χ0v) is 18.5. The van der Waals surface area contributed by atoms with Crippen LogP contribution in [0, 0.1) is 11.8 Å². The Hall–Kier alpha value is -2.87. The number of sulfonamides is 1. The van der Waals surface area contributed by atoms with Gasteiger partial charge in [0.1, 0.15) is 0 Å². The second-order valence-corrected chi connectivity index (χ2v) is 9.70. The van der Waals surface area contributed by atoms with E-state index < -0.39 is 16.0 Å². The van der Waals surface area contributed by atoms with Crippen molar-refractivity contribution in [1.82, 2.24) is 5.32 Å². The van der Waals surface area contributed by atoms with E-state index in [4.69, 9.17) is 4.74 Å². The second-order valence-electron chi connectivity index (χ2n) is 8.01. The van der Waals surface area contributed by atoms with Gasteiger partial charge in [-0.1, -0.05) is 44.9 Å². The molecule has 0 spiro atoms. The molecule has 31 heavy (non-hydrogen) atoms. The lowest BCUT2D eigenvalue weighted by atomic mass is 9.78. The van der Waals surface area contributed by atoms with Crippen molar-refractivity contribution in [1.29, 1.82) is 0 Å². The lowest BCUT2D eigenvalue weighted by molar-refractivity contribution is -0.125. The number of benzene rings is 2. The summed E-state index contributed by atoms with van der Waals surface area (Å²) in [5, 5.41) is 2.95. The Kier molecular flexibility index (Phi) is 7.33. The van der Waals surface area contributed by atoms with Crippen LogP contribution in [0.5, 0.6) is 0 Å². The quantitative estimate of drug-likeness (QED) is 0.636. The Labute approximate surface area is 183 Å². The van der Waals surface area contributed by atoms with Gasteiger partial charge in [-0.05, 0) is 54.7 Å². The number of amides is 1. The van der Waals surface area contributed by atoms with Gasteiger partial charge >= 0.3 is 5.97 Å². The van der Waals surface area contributed by atoms with Gasteiger partial charge in [-0.15, -0.1) is 0 Å². The Bertz CT molecular complexity index is 1010. The maximum Gasteiger partial charge on any atom is 0.338 e. The predicted molar refractivity (Wildman–Crippen MR) is 118 cm³/mol. The highest BCUT2D eigenvalue weighted by Crippen LogP contribution is 2.29. The molecular weight excluding hydrogens is 416 g/mol. The number of anilines is 1. The van der Waals surface area contributed by atoms with E-state index >= 15 is 0 Å². The van der Waals surface area contributed by atoms with Crippen molar-refractivity contribution in [2.75, 3.05) is 11.3 Å². The average Bonchev–Trinajstić information content (AvgIpc) is 2.76. The van der Waals surface area contributed by atoms with Crippen molar-refractivity contribution in [3.8, 4) is 0 Å². The summed E-state index contributed by atoms with van der Waals surface area (Å²) in [7, 11) is -3.77.